The highest BCUT2D eigenvalue weighted by Crippen LogP contribution is 2.31. The summed E-state index contributed by atoms with van der Waals surface area (Å²) in [5.74, 6) is -0.373. The Bertz CT molecular complexity index is 514. The van der Waals surface area contributed by atoms with Crippen molar-refractivity contribution < 1.29 is 19.9 Å². The molecule has 1 heterocycles. The van der Waals surface area contributed by atoms with E-state index in [1.54, 1.807) is 0 Å². The average molecular weight is 252 g/mol. The summed E-state index contributed by atoms with van der Waals surface area (Å²) >= 11 is 0. The van der Waals surface area contributed by atoms with Crippen LogP contribution in [0.1, 0.15) is 11.1 Å². The van der Waals surface area contributed by atoms with E-state index in [0.29, 0.717) is 25.9 Å². The molecule has 1 aromatic carbocycles. The fourth-order valence-electron chi connectivity index (χ4n) is 2.09. The van der Waals surface area contributed by atoms with Crippen LogP contribution in [0, 0.1) is 10.1 Å². The predicted octanol–water partition coefficient (Wildman–Crippen LogP) is 1.38. The number of carboxylic acid groups (broad SMARTS) is 1. The van der Waals surface area contributed by atoms with Crippen LogP contribution in [0.15, 0.2) is 12.1 Å². The lowest BCUT2D eigenvalue weighted by Gasteiger charge is -2.14. The number of amides is 1. The Morgan fingerprint density at radius 2 is 1.83 bits per heavy atom. The maximum Gasteiger partial charge on any atom is 0.407 e. The largest absolute Gasteiger partial charge is 0.502 e. The van der Waals surface area contributed by atoms with Gasteiger partial charge in [-0.25, -0.2) is 4.79 Å². The van der Waals surface area contributed by atoms with Gasteiger partial charge in [0.1, 0.15) is 0 Å². The minimum absolute atomic E-state index is 0.310. The summed E-state index contributed by atoms with van der Waals surface area (Å²) in [6, 6.07) is 2.69. The van der Waals surface area contributed by atoms with Gasteiger partial charge in [0.2, 0.25) is 0 Å². The zero-order valence-electron chi connectivity index (χ0n) is 9.50. The Morgan fingerprint density at radius 1 is 1.28 bits per heavy atom. The van der Waals surface area contributed by atoms with E-state index in [2.05, 4.69) is 0 Å². The van der Waals surface area contributed by atoms with E-state index in [1.165, 1.54) is 17.0 Å². The van der Waals surface area contributed by atoms with E-state index in [4.69, 9.17) is 5.11 Å². The molecule has 18 heavy (non-hydrogen) atoms. The van der Waals surface area contributed by atoms with Gasteiger partial charge in [-0.1, -0.05) is 0 Å². The molecular weight excluding hydrogens is 240 g/mol. The second-order valence-electron chi connectivity index (χ2n) is 4.14. The van der Waals surface area contributed by atoms with Gasteiger partial charge in [0.25, 0.3) is 0 Å². The molecule has 1 amide bonds. The first-order valence-electron chi connectivity index (χ1n) is 5.46. The fraction of sp³-hybridized carbons (Fsp3) is 0.364. The van der Waals surface area contributed by atoms with Gasteiger partial charge in [-0.3, -0.25) is 10.1 Å². The summed E-state index contributed by atoms with van der Waals surface area (Å²) in [4.78, 5) is 22.2. The van der Waals surface area contributed by atoms with Crippen molar-refractivity contribution in [2.45, 2.75) is 12.8 Å². The zero-order chi connectivity index (χ0) is 13.3. The number of benzene rings is 1. The molecule has 0 saturated carbocycles. The molecule has 0 radical (unpaired) electrons. The quantitative estimate of drug-likeness (QED) is 0.580. The fourth-order valence-corrected chi connectivity index (χ4v) is 2.09. The number of nitro benzene ring substituents is 1. The lowest BCUT2D eigenvalue weighted by Crippen LogP contribution is -2.31. The van der Waals surface area contributed by atoms with Crippen LogP contribution in [-0.4, -0.2) is 39.2 Å². The number of nitro groups is 1. The topological polar surface area (TPSA) is 104 Å². The number of hydrogen-bond donors (Lipinski definition) is 2. The number of hydrogen-bond acceptors (Lipinski definition) is 4. The molecular formula is C11H12N2O5. The van der Waals surface area contributed by atoms with Crippen molar-refractivity contribution >= 4 is 11.8 Å². The molecule has 7 heteroatoms. The molecule has 0 bridgehead atoms. The lowest BCUT2D eigenvalue weighted by molar-refractivity contribution is -0.385. The summed E-state index contributed by atoms with van der Waals surface area (Å²) in [6.07, 6.45) is -0.128. The molecule has 0 spiro atoms. The SMILES string of the molecule is O=C(O)N1CCc2cc(O)c([N+](=O)[O-])cc2CC1. The van der Waals surface area contributed by atoms with Crippen LogP contribution in [0.4, 0.5) is 10.5 Å². The Hall–Kier alpha value is -2.31. The van der Waals surface area contributed by atoms with Crippen molar-refractivity contribution in [3.05, 3.63) is 33.4 Å². The number of phenolic OH excluding ortho intramolecular Hbond substituents is 1. The average Bonchev–Trinajstić information content (AvgIpc) is 2.49. The molecule has 1 aliphatic rings. The highest BCUT2D eigenvalue weighted by Gasteiger charge is 2.22. The van der Waals surface area contributed by atoms with Crippen LogP contribution in [0.25, 0.3) is 0 Å². The van der Waals surface area contributed by atoms with Crippen molar-refractivity contribution in [1.29, 1.82) is 0 Å². The van der Waals surface area contributed by atoms with Crippen LogP contribution in [0.5, 0.6) is 5.75 Å². The van der Waals surface area contributed by atoms with E-state index in [-0.39, 0.29) is 11.4 Å². The molecule has 0 aromatic heterocycles. The van der Waals surface area contributed by atoms with Crippen molar-refractivity contribution in [2.24, 2.45) is 0 Å². The number of fused-ring (bicyclic) bond motifs is 1. The third kappa shape index (κ3) is 2.20. The van der Waals surface area contributed by atoms with E-state index >= 15 is 0 Å². The molecule has 0 atom stereocenters. The van der Waals surface area contributed by atoms with Crippen molar-refractivity contribution in [1.82, 2.24) is 4.90 Å². The molecule has 2 rings (SSSR count). The van der Waals surface area contributed by atoms with Gasteiger partial charge in [-0.15, -0.1) is 0 Å². The minimum Gasteiger partial charge on any atom is -0.502 e. The molecule has 0 unspecified atom stereocenters. The first kappa shape index (κ1) is 12.2. The van der Waals surface area contributed by atoms with Gasteiger partial charge < -0.3 is 15.1 Å². The Kier molecular flexibility index (Phi) is 3.05. The maximum atomic E-state index is 10.9. The summed E-state index contributed by atoms with van der Waals surface area (Å²) < 4.78 is 0. The lowest BCUT2D eigenvalue weighted by atomic mass is 10.0. The van der Waals surface area contributed by atoms with Crippen LogP contribution in [0.3, 0.4) is 0 Å². The van der Waals surface area contributed by atoms with Gasteiger partial charge in [0.15, 0.2) is 5.75 Å². The van der Waals surface area contributed by atoms with Gasteiger partial charge in [0.05, 0.1) is 4.92 Å². The highest BCUT2D eigenvalue weighted by molar-refractivity contribution is 5.65. The van der Waals surface area contributed by atoms with Gasteiger partial charge in [-0.2, -0.15) is 0 Å². The number of aromatic hydroxyl groups is 1. The molecule has 0 fully saturated rings. The van der Waals surface area contributed by atoms with Crippen LogP contribution in [-0.2, 0) is 12.8 Å². The third-order valence-electron chi connectivity index (χ3n) is 3.07. The first-order valence-corrected chi connectivity index (χ1v) is 5.46. The number of carbonyl (C=O) groups is 1. The standard InChI is InChI=1S/C11H12N2O5/c14-10-6-8-2-4-12(11(15)16)3-1-7(8)5-9(10)13(17)18/h5-6,14H,1-4H2,(H,15,16). The summed E-state index contributed by atoms with van der Waals surface area (Å²) in [5.41, 5.74) is 1.16. The molecule has 2 N–H and O–H groups in total. The zero-order valence-corrected chi connectivity index (χ0v) is 9.50. The molecule has 7 nitrogen and oxygen atoms in total. The van der Waals surface area contributed by atoms with Crippen molar-refractivity contribution in [3.8, 4) is 5.75 Å². The molecule has 96 valence electrons. The Morgan fingerprint density at radius 3 is 2.33 bits per heavy atom. The second kappa shape index (κ2) is 4.52. The Balaban J connectivity index is 2.33. The third-order valence-corrected chi connectivity index (χ3v) is 3.07. The summed E-state index contributed by atoms with van der Waals surface area (Å²) in [7, 11) is 0. The molecule has 0 aliphatic carbocycles. The van der Waals surface area contributed by atoms with E-state index < -0.39 is 11.0 Å². The second-order valence-corrected chi connectivity index (χ2v) is 4.14. The van der Waals surface area contributed by atoms with Crippen molar-refractivity contribution in [2.75, 3.05) is 13.1 Å². The Labute approximate surface area is 102 Å². The van der Waals surface area contributed by atoms with E-state index in [9.17, 15) is 20.0 Å². The van der Waals surface area contributed by atoms with Crippen LogP contribution < -0.4 is 0 Å². The molecule has 1 aliphatic heterocycles. The first-order chi connectivity index (χ1) is 8.49. The number of rotatable bonds is 1. The van der Waals surface area contributed by atoms with Gasteiger partial charge in [0, 0.05) is 19.2 Å². The maximum absolute atomic E-state index is 10.9. The highest BCUT2D eigenvalue weighted by atomic mass is 16.6. The van der Waals surface area contributed by atoms with Gasteiger partial charge in [-0.05, 0) is 30.0 Å². The minimum atomic E-state index is -0.999. The van der Waals surface area contributed by atoms with E-state index in [1.807, 2.05) is 0 Å². The smallest absolute Gasteiger partial charge is 0.407 e. The number of nitrogens with zero attached hydrogens (tertiary/aromatic N) is 2. The van der Waals surface area contributed by atoms with Crippen molar-refractivity contribution in [3.63, 3.8) is 0 Å². The molecule has 1 aromatic rings. The van der Waals surface area contributed by atoms with E-state index in [0.717, 1.165) is 11.1 Å². The summed E-state index contributed by atoms with van der Waals surface area (Å²) in [6.45, 7) is 0.643. The summed E-state index contributed by atoms with van der Waals surface area (Å²) in [5, 5.41) is 29.1. The monoisotopic (exact) mass is 252 g/mol. The van der Waals surface area contributed by atoms with Crippen LogP contribution in [0.2, 0.25) is 0 Å². The molecule has 0 saturated heterocycles. The predicted molar refractivity (Wildman–Crippen MR) is 61.8 cm³/mol. The number of phenols is 1. The van der Waals surface area contributed by atoms with Crippen LogP contribution >= 0.6 is 0 Å². The normalized spacial score (nSPS) is 14.8. The van der Waals surface area contributed by atoms with Gasteiger partial charge >= 0.3 is 11.8 Å².